The van der Waals surface area contributed by atoms with Crippen LogP contribution in [0.4, 0.5) is 5.69 Å². The molecule has 3 atom stereocenters. The van der Waals surface area contributed by atoms with Crippen molar-refractivity contribution in [3.8, 4) is 5.75 Å². The molecule has 2 heterocycles. The second-order valence-corrected chi connectivity index (χ2v) is 13.8. The molecule has 2 amide bonds. The number of anilines is 1. The van der Waals surface area contributed by atoms with Gasteiger partial charge >= 0.3 is 0 Å². The van der Waals surface area contributed by atoms with E-state index in [1.54, 1.807) is 18.2 Å². The van der Waals surface area contributed by atoms with Gasteiger partial charge in [0.25, 0.3) is 5.91 Å². The van der Waals surface area contributed by atoms with Gasteiger partial charge in [-0.05, 0) is 91.8 Å². The average molecular weight is 572 g/mol. The molecule has 0 unspecified atom stereocenters. The first kappa shape index (κ1) is 26.4. The molecule has 8 nitrogen and oxygen atoms in total. The van der Waals surface area contributed by atoms with E-state index in [-0.39, 0.29) is 35.5 Å². The number of rotatable bonds is 0. The van der Waals surface area contributed by atoms with Gasteiger partial charge in [0.15, 0.2) is 0 Å². The minimum atomic E-state index is -3.88. The normalized spacial score (nSPS) is 28.6. The van der Waals surface area contributed by atoms with Crippen LogP contribution in [-0.4, -0.2) is 52.2 Å². The number of benzene rings is 2. The molecular formula is C29H34ClN3O5S. The van der Waals surface area contributed by atoms with Crippen molar-refractivity contribution in [1.29, 1.82) is 0 Å². The Hall–Kier alpha value is -2.78. The highest BCUT2D eigenvalue weighted by Crippen LogP contribution is 2.46. The number of carbonyl (C=O) groups excluding carboxylic acids is 2. The lowest BCUT2D eigenvalue weighted by Gasteiger charge is -2.44. The molecule has 4 aliphatic rings. The predicted molar refractivity (Wildman–Crippen MR) is 150 cm³/mol. The van der Waals surface area contributed by atoms with Gasteiger partial charge in [-0.25, -0.2) is 13.1 Å². The van der Waals surface area contributed by atoms with Crippen LogP contribution in [0.3, 0.4) is 0 Å². The summed E-state index contributed by atoms with van der Waals surface area (Å²) >= 11 is 6.36. The van der Waals surface area contributed by atoms with E-state index in [1.807, 2.05) is 6.07 Å². The van der Waals surface area contributed by atoms with Gasteiger partial charge in [0.2, 0.25) is 15.9 Å². The van der Waals surface area contributed by atoms with Crippen molar-refractivity contribution in [2.45, 2.75) is 50.4 Å². The SMILES string of the molecule is O=C1CCCS(=O)(=O)NC(=O)c2ccc3c(c2)N(C[C@@H]2CC[C@H]2CN1)C[C@@]1(CCCc2cc(Cl)ccc21)CO3. The van der Waals surface area contributed by atoms with E-state index in [4.69, 9.17) is 16.3 Å². The van der Waals surface area contributed by atoms with Crippen LogP contribution in [0.25, 0.3) is 0 Å². The van der Waals surface area contributed by atoms with Crippen molar-refractivity contribution in [2.24, 2.45) is 11.8 Å². The Labute approximate surface area is 234 Å². The highest BCUT2D eigenvalue weighted by atomic mass is 35.5. The number of hydrogen-bond acceptors (Lipinski definition) is 6. The molecule has 2 aliphatic carbocycles. The Kier molecular flexibility index (Phi) is 7.00. The van der Waals surface area contributed by atoms with E-state index in [2.05, 4.69) is 27.1 Å². The number of halogens is 1. The van der Waals surface area contributed by atoms with Crippen LogP contribution in [0.1, 0.15) is 60.0 Å². The van der Waals surface area contributed by atoms with Crippen molar-refractivity contribution >= 4 is 39.1 Å². The largest absolute Gasteiger partial charge is 0.490 e. The third-order valence-corrected chi connectivity index (χ3v) is 10.5. The third kappa shape index (κ3) is 5.35. The zero-order chi connectivity index (χ0) is 27.2. The van der Waals surface area contributed by atoms with E-state index in [1.165, 1.54) is 11.1 Å². The molecule has 10 heteroatoms. The Morgan fingerprint density at radius 3 is 2.69 bits per heavy atom. The lowest BCUT2D eigenvalue weighted by Crippen LogP contribution is -2.49. The predicted octanol–water partition coefficient (Wildman–Crippen LogP) is 3.81. The minimum absolute atomic E-state index is 0.112. The summed E-state index contributed by atoms with van der Waals surface area (Å²) in [4.78, 5) is 27.8. The summed E-state index contributed by atoms with van der Waals surface area (Å²) in [6.07, 6.45) is 5.38. The van der Waals surface area contributed by atoms with Crippen molar-refractivity contribution in [1.82, 2.24) is 10.0 Å². The summed E-state index contributed by atoms with van der Waals surface area (Å²) in [6.45, 7) is 2.59. The molecule has 6 rings (SSSR count). The number of amides is 2. The number of hydrogen-bond donors (Lipinski definition) is 2. The number of sulfonamides is 1. The number of ether oxygens (including phenoxy) is 1. The van der Waals surface area contributed by atoms with Crippen molar-refractivity contribution < 1.29 is 22.7 Å². The smallest absolute Gasteiger partial charge is 0.264 e. The highest BCUT2D eigenvalue weighted by Gasteiger charge is 2.43. The lowest BCUT2D eigenvalue weighted by atomic mass is 9.69. The minimum Gasteiger partial charge on any atom is -0.490 e. The van der Waals surface area contributed by atoms with Crippen molar-refractivity contribution in [3.63, 3.8) is 0 Å². The van der Waals surface area contributed by atoms with Crippen molar-refractivity contribution in [2.75, 3.05) is 36.9 Å². The van der Waals surface area contributed by atoms with Crippen LogP contribution >= 0.6 is 11.6 Å². The second-order valence-electron chi connectivity index (χ2n) is 11.5. The molecular weight excluding hydrogens is 538 g/mol. The Bertz CT molecular complexity index is 1410. The van der Waals surface area contributed by atoms with Gasteiger partial charge in [0.05, 0.1) is 18.0 Å². The van der Waals surface area contributed by atoms with Crippen LogP contribution in [0.2, 0.25) is 5.02 Å². The fraction of sp³-hybridized carbons (Fsp3) is 0.517. The van der Waals surface area contributed by atoms with E-state index >= 15 is 0 Å². The topological polar surface area (TPSA) is 105 Å². The Morgan fingerprint density at radius 1 is 1.03 bits per heavy atom. The molecule has 208 valence electrons. The van der Waals surface area contributed by atoms with E-state index in [9.17, 15) is 18.0 Å². The molecule has 2 bridgehead atoms. The monoisotopic (exact) mass is 571 g/mol. The third-order valence-electron chi connectivity index (χ3n) is 8.96. The van der Waals surface area contributed by atoms with Gasteiger partial charge in [-0.15, -0.1) is 0 Å². The summed E-state index contributed by atoms with van der Waals surface area (Å²) < 4.78 is 33.8. The van der Waals surface area contributed by atoms with Crippen LogP contribution in [-0.2, 0) is 26.7 Å². The highest BCUT2D eigenvalue weighted by molar-refractivity contribution is 7.90. The van der Waals surface area contributed by atoms with Crippen LogP contribution < -0.4 is 19.7 Å². The molecule has 0 saturated heterocycles. The van der Waals surface area contributed by atoms with Gasteiger partial charge in [-0.2, -0.15) is 0 Å². The quantitative estimate of drug-likeness (QED) is 0.498. The maximum atomic E-state index is 13.0. The van der Waals surface area contributed by atoms with Crippen LogP contribution in [0, 0.1) is 11.8 Å². The van der Waals surface area contributed by atoms with Crippen LogP contribution in [0.5, 0.6) is 5.75 Å². The molecule has 39 heavy (non-hydrogen) atoms. The van der Waals surface area contributed by atoms with Gasteiger partial charge in [-0.3, -0.25) is 9.59 Å². The van der Waals surface area contributed by atoms with Gasteiger partial charge in [0.1, 0.15) is 5.75 Å². The van der Waals surface area contributed by atoms with Gasteiger partial charge in [-0.1, -0.05) is 17.7 Å². The summed E-state index contributed by atoms with van der Waals surface area (Å²) in [5.74, 6) is 0.335. The first-order valence-corrected chi connectivity index (χ1v) is 15.9. The van der Waals surface area contributed by atoms with Gasteiger partial charge in [0, 0.05) is 42.1 Å². The molecule has 2 N–H and O–H groups in total. The molecule has 0 aromatic heterocycles. The first-order valence-electron chi connectivity index (χ1n) is 13.8. The number of aryl methyl sites for hydroxylation is 1. The fourth-order valence-corrected chi connectivity index (χ4v) is 7.91. The van der Waals surface area contributed by atoms with E-state index in [0.717, 1.165) is 49.4 Å². The molecule has 1 spiro atoms. The summed E-state index contributed by atoms with van der Waals surface area (Å²) in [6, 6.07) is 11.3. The van der Waals surface area contributed by atoms with Gasteiger partial charge < -0.3 is 15.0 Å². The molecule has 2 aromatic carbocycles. The number of fused-ring (bicyclic) bond motifs is 4. The standard InChI is InChI=1S/C29H34ClN3O5S/c30-23-8-9-24-19(13-23)3-1-11-29(24)17-33-16-22-6-5-21(22)15-31-27(34)4-2-12-39(36,37)32-28(35)20-7-10-26(38-18-29)25(33)14-20/h7-10,13-14,21-22H,1-6,11-12,15-18H2,(H,31,34)(H,32,35)/t21-,22-,29-/m0/s1. The van der Waals surface area contributed by atoms with E-state index in [0.29, 0.717) is 37.3 Å². The number of carbonyl (C=O) groups is 2. The molecule has 1 saturated carbocycles. The van der Waals surface area contributed by atoms with E-state index < -0.39 is 15.9 Å². The van der Waals surface area contributed by atoms with Crippen LogP contribution in [0.15, 0.2) is 36.4 Å². The van der Waals surface area contributed by atoms with Crippen molar-refractivity contribution in [3.05, 3.63) is 58.1 Å². The molecule has 2 aromatic rings. The average Bonchev–Trinajstić information content (AvgIpc) is 3.03. The maximum absolute atomic E-state index is 13.0. The zero-order valence-electron chi connectivity index (χ0n) is 21.9. The molecule has 1 fully saturated rings. The zero-order valence-corrected chi connectivity index (χ0v) is 23.5. The Morgan fingerprint density at radius 2 is 1.87 bits per heavy atom. The lowest BCUT2D eigenvalue weighted by molar-refractivity contribution is -0.121. The molecule has 2 aliphatic heterocycles. The summed E-state index contributed by atoms with van der Waals surface area (Å²) in [5.41, 5.74) is 3.36. The Balaban J connectivity index is 1.40. The number of nitrogens with one attached hydrogen (secondary N) is 2. The fourth-order valence-electron chi connectivity index (χ4n) is 6.69. The second kappa shape index (κ2) is 10.3. The maximum Gasteiger partial charge on any atom is 0.264 e. The summed E-state index contributed by atoms with van der Waals surface area (Å²) in [7, 11) is -3.88. The molecule has 0 radical (unpaired) electrons. The first-order chi connectivity index (χ1) is 18.7. The summed E-state index contributed by atoms with van der Waals surface area (Å²) in [5, 5.41) is 3.74. The number of nitrogens with zero attached hydrogens (tertiary/aromatic N) is 1.